The van der Waals surface area contributed by atoms with E-state index in [1.165, 1.54) is 11.3 Å². The minimum Gasteiger partial charge on any atom is -0.495 e. The van der Waals surface area contributed by atoms with Gasteiger partial charge in [0.25, 0.3) is 5.91 Å². The van der Waals surface area contributed by atoms with Gasteiger partial charge in [0, 0.05) is 17.4 Å². The zero-order valence-corrected chi connectivity index (χ0v) is 13.7. The summed E-state index contributed by atoms with van der Waals surface area (Å²) in [4.78, 5) is 16.4. The second-order valence-electron chi connectivity index (χ2n) is 6.00. The molecule has 1 aliphatic heterocycles. The number of amides is 1. The summed E-state index contributed by atoms with van der Waals surface area (Å²) in [5.41, 5.74) is 0. The van der Waals surface area contributed by atoms with Crippen LogP contribution in [0.15, 0.2) is 6.07 Å². The van der Waals surface area contributed by atoms with Gasteiger partial charge < -0.3 is 19.7 Å². The highest BCUT2D eigenvalue weighted by molar-refractivity contribution is 7.14. The fourth-order valence-corrected chi connectivity index (χ4v) is 4.38. The molecule has 5 nitrogen and oxygen atoms in total. The Hall–Kier alpha value is -1.11. The molecule has 1 aliphatic carbocycles. The van der Waals surface area contributed by atoms with Crippen LogP contribution in [0.4, 0.5) is 0 Å². The van der Waals surface area contributed by atoms with E-state index in [4.69, 9.17) is 9.47 Å². The molecule has 4 atom stereocenters. The molecule has 116 valence electrons. The average molecular weight is 310 g/mol. The van der Waals surface area contributed by atoms with Crippen molar-refractivity contribution in [3.8, 4) is 5.75 Å². The highest BCUT2D eigenvalue weighted by Crippen LogP contribution is 2.41. The highest BCUT2D eigenvalue weighted by atomic mass is 32.1. The molecular weight excluding hydrogens is 288 g/mol. The number of nitrogens with zero attached hydrogens (tertiary/aromatic N) is 1. The van der Waals surface area contributed by atoms with Crippen molar-refractivity contribution in [3.05, 3.63) is 15.8 Å². The first kappa shape index (κ1) is 14.8. The van der Waals surface area contributed by atoms with Crippen LogP contribution in [0.1, 0.15) is 21.0 Å². The monoisotopic (exact) mass is 310 g/mol. The molecule has 1 amide bonds. The van der Waals surface area contributed by atoms with E-state index in [1.54, 1.807) is 7.11 Å². The van der Waals surface area contributed by atoms with Gasteiger partial charge in [-0.3, -0.25) is 4.79 Å². The molecule has 0 aromatic carbocycles. The van der Waals surface area contributed by atoms with Gasteiger partial charge in [-0.15, -0.1) is 11.3 Å². The van der Waals surface area contributed by atoms with Crippen LogP contribution >= 0.6 is 11.3 Å². The summed E-state index contributed by atoms with van der Waals surface area (Å²) in [6.45, 7) is 2.78. The van der Waals surface area contributed by atoms with Crippen molar-refractivity contribution < 1.29 is 14.3 Å². The van der Waals surface area contributed by atoms with Crippen LogP contribution in [-0.4, -0.2) is 56.8 Å². The Morgan fingerprint density at radius 2 is 2.29 bits per heavy atom. The number of hydrogen-bond acceptors (Lipinski definition) is 5. The number of likely N-dealkylation sites (N-methyl/N-ethyl adjacent to an activating group) is 1. The van der Waals surface area contributed by atoms with E-state index in [0.717, 1.165) is 17.9 Å². The van der Waals surface area contributed by atoms with Gasteiger partial charge in [0.05, 0.1) is 25.3 Å². The summed E-state index contributed by atoms with van der Waals surface area (Å²) < 4.78 is 11.1. The minimum atomic E-state index is -0.0350. The van der Waals surface area contributed by atoms with Crippen molar-refractivity contribution >= 4 is 17.2 Å². The zero-order valence-electron chi connectivity index (χ0n) is 12.9. The van der Waals surface area contributed by atoms with Crippen molar-refractivity contribution in [1.82, 2.24) is 10.2 Å². The molecule has 21 heavy (non-hydrogen) atoms. The number of hydrogen-bond donors (Lipinski definition) is 1. The molecule has 0 radical (unpaired) electrons. The Bertz CT molecular complexity index is 543. The van der Waals surface area contributed by atoms with Gasteiger partial charge in [-0.2, -0.15) is 0 Å². The van der Waals surface area contributed by atoms with E-state index in [2.05, 4.69) is 10.2 Å². The van der Waals surface area contributed by atoms with E-state index >= 15 is 0 Å². The van der Waals surface area contributed by atoms with Gasteiger partial charge in [-0.05, 0) is 33.5 Å². The molecule has 6 heteroatoms. The topological polar surface area (TPSA) is 50.8 Å². The van der Waals surface area contributed by atoms with Crippen LogP contribution in [0.5, 0.6) is 5.75 Å². The van der Waals surface area contributed by atoms with E-state index in [1.807, 2.05) is 27.1 Å². The summed E-state index contributed by atoms with van der Waals surface area (Å²) in [6.07, 6.45) is 1.29. The van der Waals surface area contributed by atoms with Gasteiger partial charge in [0.15, 0.2) is 0 Å². The Morgan fingerprint density at radius 3 is 2.95 bits per heavy atom. The number of thiophene rings is 1. The number of carbonyl (C=O) groups is 1. The first-order chi connectivity index (χ1) is 10.0. The van der Waals surface area contributed by atoms with E-state index in [9.17, 15) is 4.79 Å². The van der Waals surface area contributed by atoms with Crippen LogP contribution in [0, 0.1) is 12.8 Å². The molecule has 3 rings (SSSR count). The van der Waals surface area contributed by atoms with Crippen molar-refractivity contribution in [2.45, 2.75) is 31.5 Å². The summed E-state index contributed by atoms with van der Waals surface area (Å²) in [5, 5.41) is 3.19. The Kier molecular flexibility index (Phi) is 3.94. The number of ether oxygens (including phenoxy) is 2. The lowest BCUT2D eigenvalue weighted by Crippen LogP contribution is -2.69. The van der Waals surface area contributed by atoms with Gasteiger partial charge in [-0.25, -0.2) is 0 Å². The molecule has 1 aromatic heterocycles. The predicted molar refractivity (Wildman–Crippen MR) is 82.2 cm³/mol. The van der Waals surface area contributed by atoms with E-state index in [0.29, 0.717) is 16.5 Å². The lowest BCUT2D eigenvalue weighted by Gasteiger charge is -2.50. The summed E-state index contributed by atoms with van der Waals surface area (Å²) in [6, 6.07) is 2.33. The zero-order chi connectivity index (χ0) is 15.1. The standard InChI is InChI=1S/C15H22N2O3S/c1-8-7-10(19-4)14(21-8)15(18)16-11-9-5-6-20-13(9)12(11)17(2)3/h7,9,11-13H,5-6H2,1-4H3,(H,16,18)/t9-,11+,12-,13-/m1/s1. The van der Waals surface area contributed by atoms with Gasteiger partial charge in [0.2, 0.25) is 0 Å². The lowest BCUT2D eigenvalue weighted by molar-refractivity contribution is -0.0664. The molecule has 0 spiro atoms. The predicted octanol–water partition coefficient (Wildman–Crippen LogP) is 1.51. The van der Waals surface area contributed by atoms with Crippen LogP contribution in [0.3, 0.4) is 0 Å². The quantitative estimate of drug-likeness (QED) is 0.916. The van der Waals surface area contributed by atoms with Gasteiger partial charge >= 0.3 is 0 Å². The molecule has 2 heterocycles. The Labute approximate surface area is 129 Å². The number of carbonyl (C=O) groups excluding carboxylic acids is 1. The van der Waals surface area contributed by atoms with Crippen LogP contribution < -0.4 is 10.1 Å². The van der Waals surface area contributed by atoms with Crippen LogP contribution in [-0.2, 0) is 4.74 Å². The van der Waals surface area contributed by atoms with Crippen LogP contribution in [0.25, 0.3) is 0 Å². The maximum absolute atomic E-state index is 12.6. The molecule has 0 bridgehead atoms. The van der Waals surface area contributed by atoms with Crippen LogP contribution in [0.2, 0.25) is 0 Å². The third-order valence-corrected chi connectivity index (χ3v) is 5.52. The number of aryl methyl sites for hydroxylation is 1. The Morgan fingerprint density at radius 1 is 1.52 bits per heavy atom. The first-order valence-corrected chi connectivity index (χ1v) is 8.08. The summed E-state index contributed by atoms with van der Waals surface area (Å²) in [7, 11) is 5.68. The molecular formula is C15H22N2O3S. The lowest BCUT2D eigenvalue weighted by atomic mass is 9.71. The molecule has 1 saturated carbocycles. The molecule has 2 aliphatic rings. The third-order valence-electron chi connectivity index (χ3n) is 4.49. The fourth-order valence-electron chi connectivity index (χ4n) is 3.50. The average Bonchev–Trinajstić information content (AvgIpc) is 2.99. The SMILES string of the molecule is COc1cc(C)sc1C(=O)N[C@H]1[C@H]2CCO[C@H]2[C@@H]1N(C)C. The molecule has 1 aromatic rings. The van der Waals surface area contributed by atoms with Gasteiger partial charge in [-0.1, -0.05) is 0 Å². The summed E-state index contributed by atoms with van der Waals surface area (Å²) >= 11 is 1.48. The normalized spacial score (nSPS) is 30.9. The molecule has 1 N–H and O–H groups in total. The highest BCUT2D eigenvalue weighted by Gasteiger charge is 2.55. The van der Waals surface area contributed by atoms with E-state index in [-0.39, 0.29) is 24.1 Å². The van der Waals surface area contributed by atoms with Crippen molar-refractivity contribution in [1.29, 1.82) is 0 Å². The second-order valence-corrected chi connectivity index (χ2v) is 7.25. The maximum Gasteiger partial charge on any atom is 0.265 e. The summed E-state index contributed by atoms with van der Waals surface area (Å²) in [5.74, 6) is 1.07. The number of rotatable bonds is 4. The molecule has 1 saturated heterocycles. The smallest absolute Gasteiger partial charge is 0.265 e. The Balaban J connectivity index is 1.74. The fraction of sp³-hybridized carbons (Fsp3) is 0.667. The number of methoxy groups -OCH3 is 1. The van der Waals surface area contributed by atoms with Crippen molar-refractivity contribution in [3.63, 3.8) is 0 Å². The van der Waals surface area contributed by atoms with E-state index < -0.39 is 0 Å². The minimum absolute atomic E-state index is 0.0350. The number of nitrogens with one attached hydrogen (secondary N) is 1. The molecule has 2 fully saturated rings. The van der Waals surface area contributed by atoms with Crippen molar-refractivity contribution in [2.24, 2.45) is 5.92 Å². The first-order valence-electron chi connectivity index (χ1n) is 7.26. The van der Waals surface area contributed by atoms with Crippen molar-refractivity contribution in [2.75, 3.05) is 27.8 Å². The third kappa shape index (κ3) is 2.45. The largest absolute Gasteiger partial charge is 0.495 e. The van der Waals surface area contributed by atoms with Gasteiger partial charge in [0.1, 0.15) is 10.6 Å². The maximum atomic E-state index is 12.6. The number of fused-ring (bicyclic) bond motifs is 1. The molecule has 0 unspecified atom stereocenters. The second kappa shape index (κ2) is 5.59.